The van der Waals surface area contributed by atoms with E-state index in [9.17, 15) is 13.2 Å². The number of hydrazone groups is 1. The van der Waals surface area contributed by atoms with Crippen molar-refractivity contribution in [3.63, 3.8) is 0 Å². The van der Waals surface area contributed by atoms with Gasteiger partial charge in [0.1, 0.15) is 18.9 Å². The summed E-state index contributed by atoms with van der Waals surface area (Å²) in [5, 5.41) is 4.98. The molecule has 0 saturated heterocycles. The lowest BCUT2D eigenvalue weighted by Crippen LogP contribution is -2.39. The molecule has 1 amide bonds. The van der Waals surface area contributed by atoms with Gasteiger partial charge in [0.15, 0.2) is 0 Å². The van der Waals surface area contributed by atoms with Crippen molar-refractivity contribution in [2.75, 3.05) is 10.8 Å². The number of nitrogens with zero attached hydrogens (tertiary/aromatic N) is 2. The van der Waals surface area contributed by atoms with E-state index in [-0.39, 0.29) is 10.6 Å². The highest BCUT2D eigenvalue weighted by Crippen LogP contribution is 2.26. The molecule has 4 aromatic rings. The fourth-order valence-electron chi connectivity index (χ4n) is 3.41. The third kappa shape index (κ3) is 7.35. The number of hydrogen-bond acceptors (Lipinski definition) is 5. The number of ether oxygens (including phenoxy) is 1. The van der Waals surface area contributed by atoms with E-state index >= 15 is 0 Å². The Bertz CT molecular complexity index is 1510. The molecule has 4 rings (SSSR count). The smallest absolute Gasteiger partial charge is 0.264 e. The summed E-state index contributed by atoms with van der Waals surface area (Å²) in [7, 11) is -4.03. The Hall–Kier alpha value is -3.85. The Morgan fingerprint density at radius 2 is 1.58 bits per heavy atom. The number of benzene rings is 4. The zero-order valence-electron chi connectivity index (χ0n) is 20.0. The Kier molecular flexibility index (Phi) is 9.02. The second kappa shape index (κ2) is 12.6. The maximum atomic E-state index is 13.3. The normalized spacial score (nSPS) is 11.3. The fraction of sp³-hybridized carbons (Fsp3) is 0.0714. The maximum Gasteiger partial charge on any atom is 0.264 e. The fourth-order valence-corrected chi connectivity index (χ4v) is 5.15. The van der Waals surface area contributed by atoms with Gasteiger partial charge in [-0.3, -0.25) is 9.10 Å². The molecule has 0 spiro atoms. The SMILES string of the molecule is O=C(CN(c1cccc(Cl)c1)S(=O)(=O)c1ccccc1)N/N=C\c1ccc(OCc2ccc(Cl)cc2)cc1. The van der Waals surface area contributed by atoms with Crippen molar-refractivity contribution in [1.82, 2.24) is 5.43 Å². The molecule has 0 aromatic heterocycles. The van der Waals surface area contributed by atoms with E-state index < -0.39 is 22.5 Å². The van der Waals surface area contributed by atoms with Crippen molar-refractivity contribution in [3.8, 4) is 5.75 Å². The summed E-state index contributed by atoms with van der Waals surface area (Å²) in [6.45, 7) is -0.0952. The lowest BCUT2D eigenvalue weighted by molar-refractivity contribution is -0.119. The van der Waals surface area contributed by atoms with Gasteiger partial charge in [0, 0.05) is 10.0 Å². The molecule has 0 aliphatic heterocycles. The minimum Gasteiger partial charge on any atom is -0.489 e. The second-order valence-electron chi connectivity index (χ2n) is 8.08. The molecule has 0 aliphatic carbocycles. The van der Waals surface area contributed by atoms with Gasteiger partial charge in [-0.1, -0.05) is 59.6 Å². The Morgan fingerprint density at radius 3 is 2.26 bits per heavy atom. The molecular formula is C28H23Cl2N3O4S. The molecule has 0 aliphatic rings. The minimum absolute atomic E-state index is 0.0506. The highest BCUT2D eigenvalue weighted by atomic mass is 35.5. The molecule has 194 valence electrons. The van der Waals surface area contributed by atoms with E-state index in [0.717, 1.165) is 9.87 Å². The van der Waals surface area contributed by atoms with Crippen LogP contribution in [0.4, 0.5) is 5.69 Å². The third-order valence-corrected chi connectivity index (χ3v) is 7.59. The number of carbonyl (C=O) groups is 1. The zero-order valence-corrected chi connectivity index (χ0v) is 22.3. The van der Waals surface area contributed by atoms with Crippen LogP contribution in [0.3, 0.4) is 0 Å². The summed E-state index contributed by atoms with van der Waals surface area (Å²) < 4.78 is 33.4. The highest BCUT2D eigenvalue weighted by Gasteiger charge is 2.27. The lowest BCUT2D eigenvalue weighted by Gasteiger charge is -2.23. The van der Waals surface area contributed by atoms with Gasteiger partial charge < -0.3 is 4.74 Å². The molecule has 38 heavy (non-hydrogen) atoms. The van der Waals surface area contributed by atoms with Crippen LogP contribution in [-0.4, -0.2) is 27.1 Å². The van der Waals surface area contributed by atoms with Gasteiger partial charge in [-0.05, 0) is 77.9 Å². The number of anilines is 1. The van der Waals surface area contributed by atoms with Gasteiger partial charge >= 0.3 is 0 Å². The topological polar surface area (TPSA) is 88.1 Å². The van der Waals surface area contributed by atoms with Crippen LogP contribution in [0, 0.1) is 0 Å². The molecule has 0 radical (unpaired) electrons. The average Bonchev–Trinajstić information content (AvgIpc) is 2.92. The quantitative estimate of drug-likeness (QED) is 0.190. The molecule has 0 heterocycles. The van der Waals surface area contributed by atoms with Crippen LogP contribution in [0.5, 0.6) is 5.75 Å². The monoisotopic (exact) mass is 567 g/mol. The largest absolute Gasteiger partial charge is 0.489 e. The van der Waals surface area contributed by atoms with E-state index in [1.807, 2.05) is 12.1 Å². The van der Waals surface area contributed by atoms with Crippen LogP contribution in [0.2, 0.25) is 10.0 Å². The molecule has 10 heteroatoms. The first-order chi connectivity index (χ1) is 18.3. The Labute approximate surface area is 231 Å². The predicted molar refractivity (Wildman–Crippen MR) is 150 cm³/mol. The van der Waals surface area contributed by atoms with Crippen molar-refractivity contribution in [3.05, 3.63) is 124 Å². The number of rotatable bonds is 10. The maximum absolute atomic E-state index is 13.3. The van der Waals surface area contributed by atoms with Gasteiger partial charge in [0.2, 0.25) is 0 Å². The first-order valence-electron chi connectivity index (χ1n) is 11.4. The third-order valence-electron chi connectivity index (χ3n) is 5.32. The summed E-state index contributed by atoms with van der Waals surface area (Å²) in [6, 6.07) is 28.7. The first kappa shape index (κ1) is 27.2. The lowest BCUT2D eigenvalue weighted by atomic mass is 10.2. The van der Waals surface area contributed by atoms with Crippen LogP contribution in [0.25, 0.3) is 0 Å². The van der Waals surface area contributed by atoms with Crippen molar-refractivity contribution >= 4 is 51.0 Å². The number of carbonyl (C=O) groups excluding carboxylic acids is 1. The molecule has 1 N–H and O–H groups in total. The summed E-state index contributed by atoms with van der Waals surface area (Å²) in [5.74, 6) is 0.0491. The summed E-state index contributed by atoms with van der Waals surface area (Å²) in [6.07, 6.45) is 1.45. The van der Waals surface area contributed by atoms with Crippen LogP contribution in [-0.2, 0) is 21.4 Å². The molecule has 0 fully saturated rings. The van der Waals surface area contributed by atoms with Crippen molar-refractivity contribution < 1.29 is 17.9 Å². The molecule has 0 saturated carbocycles. The molecular weight excluding hydrogens is 545 g/mol. The van der Waals surface area contributed by atoms with E-state index in [4.69, 9.17) is 27.9 Å². The molecule has 0 unspecified atom stereocenters. The van der Waals surface area contributed by atoms with Crippen molar-refractivity contribution in [2.24, 2.45) is 5.10 Å². The zero-order chi connectivity index (χ0) is 27.0. The van der Waals surface area contributed by atoms with Crippen LogP contribution in [0.1, 0.15) is 11.1 Å². The Morgan fingerprint density at radius 1 is 0.868 bits per heavy atom. The molecule has 7 nitrogen and oxygen atoms in total. The number of nitrogens with one attached hydrogen (secondary N) is 1. The van der Waals surface area contributed by atoms with Gasteiger partial charge in [0.25, 0.3) is 15.9 Å². The summed E-state index contributed by atoms with van der Waals surface area (Å²) in [5.41, 5.74) is 4.35. The molecule has 4 aromatic carbocycles. The van der Waals surface area contributed by atoms with Gasteiger partial charge in [-0.15, -0.1) is 0 Å². The second-order valence-corrected chi connectivity index (χ2v) is 10.8. The average molecular weight is 568 g/mol. The van der Waals surface area contributed by atoms with E-state index in [0.29, 0.717) is 28.0 Å². The van der Waals surface area contributed by atoms with Crippen molar-refractivity contribution in [2.45, 2.75) is 11.5 Å². The van der Waals surface area contributed by atoms with E-state index in [2.05, 4.69) is 10.5 Å². The van der Waals surface area contributed by atoms with Crippen LogP contribution >= 0.6 is 23.2 Å². The predicted octanol–water partition coefficient (Wildman–Crippen LogP) is 5.92. The number of hydrogen-bond donors (Lipinski definition) is 1. The highest BCUT2D eigenvalue weighted by molar-refractivity contribution is 7.92. The van der Waals surface area contributed by atoms with Gasteiger partial charge in [-0.2, -0.15) is 5.10 Å². The standard InChI is InChI=1S/C28H23Cl2N3O4S/c29-23-13-9-22(10-14-23)20-37-26-15-11-21(12-16-26)18-31-32-28(34)19-33(25-6-4-5-24(30)17-25)38(35,36)27-7-2-1-3-8-27/h1-18H,19-20H2,(H,32,34)/b31-18-. The number of halogens is 2. The summed E-state index contributed by atoms with van der Waals surface area (Å²) in [4.78, 5) is 12.7. The van der Waals surface area contributed by atoms with Crippen LogP contribution in [0.15, 0.2) is 113 Å². The Balaban J connectivity index is 1.39. The molecule has 0 atom stereocenters. The van der Waals surface area contributed by atoms with Gasteiger partial charge in [0.05, 0.1) is 16.8 Å². The number of amides is 1. The van der Waals surface area contributed by atoms with Gasteiger partial charge in [-0.25, -0.2) is 13.8 Å². The molecule has 0 bridgehead atoms. The first-order valence-corrected chi connectivity index (χ1v) is 13.6. The van der Waals surface area contributed by atoms with Crippen molar-refractivity contribution in [1.29, 1.82) is 0 Å². The van der Waals surface area contributed by atoms with Crippen LogP contribution < -0.4 is 14.5 Å². The minimum atomic E-state index is -4.03. The number of sulfonamides is 1. The van der Waals surface area contributed by atoms with E-state index in [1.54, 1.807) is 72.8 Å². The van der Waals surface area contributed by atoms with E-state index in [1.165, 1.54) is 24.4 Å². The summed E-state index contributed by atoms with van der Waals surface area (Å²) >= 11 is 12.0.